The van der Waals surface area contributed by atoms with Gasteiger partial charge in [-0.3, -0.25) is 9.97 Å². The van der Waals surface area contributed by atoms with Crippen LogP contribution in [0.5, 0.6) is 0 Å². The summed E-state index contributed by atoms with van der Waals surface area (Å²) in [6, 6.07) is 3.42. The van der Waals surface area contributed by atoms with E-state index in [1.54, 1.807) is 13.1 Å². The maximum Gasteiger partial charge on any atom is 0.135 e. The van der Waals surface area contributed by atoms with E-state index < -0.39 is 11.6 Å². The van der Waals surface area contributed by atoms with Gasteiger partial charge >= 0.3 is 0 Å². The van der Waals surface area contributed by atoms with Crippen LogP contribution in [0.2, 0.25) is 0 Å². The fraction of sp³-hybridized carbons (Fsp3) is 0.167. The van der Waals surface area contributed by atoms with Gasteiger partial charge in [0.15, 0.2) is 0 Å². The third kappa shape index (κ3) is 1.91. The van der Waals surface area contributed by atoms with Crippen LogP contribution in [0.15, 0.2) is 24.4 Å². The summed E-state index contributed by atoms with van der Waals surface area (Å²) >= 11 is 0. The largest absolute Gasteiger partial charge is 0.255 e. The van der Waals surface area contributed by atoms with E-state index in [1.807, 2.05) is 6.92 Å². The predicted molar refractivity (Wildman–Crippen MR) is 56.9 cm³/mol. The van der Waals surface area contributed by atoms with Gasteiger partial charge in [0.1, 0.15) is 11.6 Å². The minimum atomic E-state index is -0.624. The van der Waals surface area contributed by atoms with Crippen LogP contribution in [0.3, 0.4) is 0 Å². The molecule has 0 aliphatic rings. The second-order valence-electron chi connectivity index (χ2n) is 3.57. The highest BCUT2D eigenvalue weighted by Crippen LogP contribution is 2.23. The molecule has 82 valence electrons. The lowest BCUT2D eigenvalue weighted by atomic mass is 10.1. The molecule has 0 saturated heterocycles. The molecule has 4 heteroatoms. The Labute approximate surface area is 92.0 Å². The molecule has 2 aromatic rings. The van der Waals surface area contributed by atoms with Crippen molar-refractivity contribution in [2.24, 2.45) is 0 Å². The van der Waals surface area contributed by atoms with E-state index in [-0.39, 0.29) is 5.56 Å². The Morgan fingerprint density at radius 3 is 2.50 bits per heavy atom. The van der Waals surface area contributed by atoms with Crippen molar-refractivity contribution in [1.82, 2.24) is 9.97 Å². The van der Waals surface area contributed by atoms with E-state index in [0.717, 1.165) is 11.8 Å². The number of rotatable bonds is 1. The summed E-state index contributed by atoms with van der Waals surface area (Å²) in [6.07, 6.45) is 1.56. The summed E-state index contributed by atoms with van der Waals surface area (Å²) in [5.74, 6) is -1.22. The molecule has 0 atom stereocenters. The van der Waals surface area contributed by atoms with Crippen molar-refractivity contribution >= 4 is 0 Å². The van der Waals surface area contributed by atoms with Crippen molar-refractivity contribution in [3.8, 4) is 11.3 Å². The maximum atomic E-state index is 13.5. The lowest BCUT2D eigenvalue weighted by Crippen LogP contribution is -1.96. The fourth-order valence-electron chi connectivity index (χ4n) is 1.54. The molecule has 0 amide bonds. The lowest BCUT2D eigenvalue weighted by molar-refractivity contribution is 0.585. The minimum absolute atomic E-state index is 0.270. The summed E-state index contributed by atoms with van der Waals surface area (Å²) in [5, 5.41) is 0. The second-order valence-corrected chi connectivity index (χ2v) is 3.57. The van der Waals surface area contributed by atoms with E-state index >= 15 is 0 Å². The topological polar surface area (TPSA) is 25.8 Å². The molecule has 0 saturated carbocycles. The normalized spacial score (nSPS) is 10.5. The highest BCUT2D eigenvalue weighted by Gasteiger charge is 2.10. The lowest BCUT2D eigenvalue weighted by Gasteiger charge is -2.06. The molecule has 2 rings (SSSR count). The molecular formula is C12H10F2N2. The van der Waals surface area contributed by atoms with Crippen LogP contribution in [0.4, 0.5) is 8.78 Å². The van der Waals surface area contributed by atoms with Gasteiger partial charge in [0.2, 0.25) is 0 Å². The van der Waals surface area contributed by atoms with Crippen LogP contribution < -0.4 is 0 Å². The number of aryl methyl sites for hydroxylation is 2. The Hall–Kier alpha value is -1.84. The molecule has 0 fully saturated rings. The molecule has 1 aromatic carbocycles. The number of nitrogens with zero attached hydrogens (tertiary/aromatic N) is 2. The Morgan fingerprint density at radius 2 is 1.88 bits per heavy atom. The number of aromatic nitrogens is 2. The number of hydrogen-bond donors (Lipinski definition) is 0. The van der Waals surface area contributed by atoms with Crippen molar-refractivity contribution in [2.45, 2.75) is 13.8 Å². The van der Waals surface area contributed by atoms with E-state index in [9.17, 15) is 8.78 Å². The van der Waals surface area contributed by atoms with Crippen LogP contribution in [-0.2, 0) is 0 Å². The summed E-state index contributed by atoms with van der Waals surface area (Å²) in [5.41, 5.74) is 2.11. The standard InChI is InChI=1S/C12H10F2N2/c1-7-6-15-12(8(2)16-7)10-4-3-9(13)5-11(10)14/h3-6H,1-2H3. The van der Waals surface area contributed by atoms with Gasteiger partial charge in [0.05, 0.1) is 17.1 Å². The second kappa shape index (κ2) is 3.96. The molecule has 1 aromatic heterocycles. The summed E-state index contributed by atoms with van der Waals surface area (Å²) in [4.78, 5) is 8.30. The molecule has 2 nitrogen and oxygen atoms in total. The third-order valence-corrected chi connectivity index (χ3v) is 2.25. The first-order valence-corrected chi connectivity index (χ1v) is 4.83. The average molecular weight is 220 g/mol. The molecule has 0 bridgehead atoms. The van der Waals surface area contributed by atoms with E-state index in [4.69, 9.17) is 0 Å². The SMILES string of the molecule is Cc1cnc(-c2ccc(F)cc2F)c(C)n1. The van der Waals surface area contributed by atoms with Gasteiger partial charge < -0.3 is 0 Å². The Balaban J connectivity index is 2.59. The highest BCUT2D eigenvalue weighted by atomic mass is 19.1. The first-order valence-electron chi connectivity index (χ1n) is 4.83. The third-order valence-electron chi connectivity index (χ3n) is 2.25. The van der Waals surface area contributed by atoms with Crippen molar-refractivity contribution in [2.75, 3.05) is 0 Å². The van der Waals surface area contributed by atoms with Crippen LogP contribution in [0.25, 0.3) is 11.3 Å². The van der Waals surface area contributed by atoms with Gasteiger partial charge in [0, 0.05) is 17.8 Å². The van der Waals surface area contributed by atoms with Gasteiger partial charge in [-0.2, -0.15) is 0 Å². The number of benzene rings is 1. The Morgan fingerprint density at radius 1 is 1.12 bits per heavy atom. The smallest absolute Gasteiger partial charge is 0.135 e. The van der Waals surface area contributed by atoms with Crippen LogP contribution in [0.1, 0.15) is 11.4 Å². The van der Waals surface area contributed by atoms with Gasteiger partial charge in [-0.15, -0.1) is 0 Å². The van der Waals surface area contributed by atoms with E-state index in [2.05, 4.69) is 9.97 Å². The predicted octanol–water partition coefficient (Wildman–Crippen LogP) is 3.04. The van der Waals surface area contributed by atoms with Gasteiger partial charge in [0.25, 0.3) is 0 Å². The van der Waals surface area contributed by atoms with Gasteiger partial charge in [-0.1, -0.05) is 0 Å². The quantitative estimate of drug-likeness (QED) is 0.738. The number of halogens is 2. The minimum Gasteiger partial charge on any atom is -0.255 e. The number of hydrogen-bond acceptors (Lipinski definition) is 2. The first-order chi connectivity index (χ1) is 7.58. The van der Waals surface area contributed by atoms with E-state index in [0.29, 0.717) is 11.4 Å². The van der Waals surface area contributed by atoms with Gasteiger partial charge in [-0.25, -0.2) is 8.78 Å². The molecule has 0 unspecified atom stereocenters. The van der Waals surface area contributed by atoms with Crippen molar-refractivity contribution < 1.29 is 8.78 Å². The zero-order valence-corrected chi connectivity index (χ0v) is 8.96. The van der Waals surface area contributed by atoms with Crippen molar-refractivity contribution in [3.63, 3.8) is 0 Å². The Bertz CT molecular complexity index is 489. The first kappa shape index (κ1) is 10.7. The molecule has 0 N–H and O–H groups in total. The molecule has 1 heterocycles. The van der Waals surface area contributed by atoms with E-state index in [1.165, 1.54) is 12.1 Å². The van der Waals surface area contributed by atoms with Crippen LogP contribution in [-0.4, -0.2) is 9.97 Å². The molecule has 16 heavy (non-hydrogen) atoms. The monoisotopic (exact) mass is 220 g/mol. The van der Waals surface area contributed by atoms with Crippen molar-refractivity contribution in [1.29, 1.82) is 0 Å². The molecular weight excluding hydrogens is 210 g/mol. The van der Waals surface area contributed by atoms with Crippen molar-refractivity contribution in [3.05, 3.63) is 47.4 Å². The molecule has 0 aliphatic heterocycles. The summed E-state index contributed by atoms with van der Waals surface area (Å²) in [7, 11) is 0. The Kier molecular flexibility index (Phi) is 2.64. The van der Waals surface area contributed by atoms with Crippen LogP contribution >= 0.6 is 0 Å². The molecule has 0 aliphatic carbocycles. The van der Waals surface area contributed by atoms with Crippen LogP contribution in [0, 0.1) is 25.5 Å². The highest BCUT2D eigenvalue weighted by molar-refractivity contribution is 5.61. The van der Waals surface area contributed by atoms with Gasteiger partial charge in [-0.05, 0) is 26.0 Å². The molecule has 0 spiro atoms. The zero-order chi connectivity index (χ0) is 11.7. The molecule has 0 radical (unpaired) electrons. The summed E-state index contributed by atoms with van der Waals surface area (Å²) in [6.45, 7) is 3.56. The fourth-order valence-corrected chi connectivity index (χ4v) is 1.54. The zero-order valence-electron chi connectivity index (χ0n) is 8.96. The summed E-state index contributed by atoms with van der Waals surface area (Å²) < 4.78 is 26.3. The average Bonchev–Trinajstić information content (AvgIpc) is 2.19. The maximum absolute atomic E-state index is 13.5.